The SMILES string of the molecule is CCCCCCCCCCCCCCC(O)C(=O)OCc1cccnc1. The Morgan fingerprint density at radius 3 is 2.12 bits per heavy atom. The number of aromatic nitrogens is 1. The van der Waals surface area contributed by atoms with Gasteiger partial charge in [-0.2, -0.15) is 0 Å². The second kappa shape index (κ2) is 15.8. The number of nitrogens with zero attached hydrogens (tertiary/aromatic N) is 1. The maximum Gasteiger partial charge on any atom is 0.335 e. The van der Waals surface area contributed by atoms with Crippen molar-refractivity contribution in [3.8, 4) is 0 Å². The van der Waals surface area contributed by atoms with Crippen molar-refractivity contribution in [3.05, 3.63) is 30.1 Å². The molecule has 1 aromatic heterocycles. The quantitative estimate of drug-likeness (QED) is 0.308. The van der Waals surface area contributed by atoms with Crippen molar-refractivity contribution < 1.29 is 14.6 Å². The Kier molecular flexibility index (Phi) is 13.8. The Labute approximate surface area is 159 Å². The summed E-state index contributed by atoms with van der Waals surface area (Å²) in [6.45, 7) is 2.42. The van der Waals surface area contributed by atoms with Gasteiger partial charge in [0.05, 0.1) is 0 Å². The highest BCUT2D eigenvalue weighted by molar-refractivity contribution is 5.74. The number of hydrogen-bond acceptors (Lipinski definition) is 4. The van der Waals surface area contributed by atoms with Crippen molar-refractivity contribution >= 4 is 5.97 Å². The first-order valence-electron chi connectivity index (χ1n) is 10.5. The Morgan fingerprint density at radius 1 is 1.00 bits per heavy atom. The van der Waals surface area contributed by atoms with Gasteiger partial charge in [0.2, 0.25) is 0 Å². The first-order valence-corrected chi connectivity index (χ1v) is 10.5. The highest BCUT2D eigenvalue weighted by atomic mass is 16.5. The number of carbonyl (C=O) groups excluding carboxylic acids is 1. The molecule has 4 heteroatoms. The van der Waals surface area contributed by atoms with Crippen LogP contribution in [0.4, 0.5) is 0 Å². The number of hydrogen-bond donors (Lipinski definition) is 1. The van der Waals surface area contributed by atoms with E-state index in [4.69, 9.17) is 4.74 Å². The van der Waals surface area contributed by atoms with Gasteiger partial charge in [-0.25, -0.2) is 4.79 Å². The Balaban J connectivity index is 1.90. The summed E-state index contributed by atoms with van der Waals surface area (Å²) in [6.07, 6.45) is 18.1. The van der Waals surface area contributed by atoms with Crippen LogP contribution in [0.5, 0.6) is 0 Å². The van der Waals surface area contributed by atoms with Gasteiger partial charge in [-0.1, -0.05) is 90.0 Å². The van der Waals surface area contributed by atoms with Crippen LogP contribution in [0.15, 0.2) is 24.5 Å². The molecule has 0 aliphatic heterocycles. The van der Waals surface area contributed by atoms with E-state index < -0.39 is 12.1 Å². The fourth-order valence-electron chi connectivity index (χ4n) is 3.03. The average Bonchev–Trinajstić information content (AvgIpc) is 2.67. The fourth-order valence-corrected chi connectivity index (χ4v) is 3.03. The smallest absolute Gasteiger partial charge is 0.335 e. The van der Waals surface area contributed by atoms with Crippen LogP contribution in [0.25, 0.3) is 0 Å². The molecule has 0 spiro atoms. The van der Waals surface area contributed by atoms with Crippen molar-refractivity contribution in [2.24, 2.45) is 0 Å². The standard InChI is InChI=1S/C22H37NO3/c1-2-3-4-5-6-7-8-9-10-11-12-13-16-21(24)22(25)26-19-20-15-14-17-23-18-20/h14-15,17-18,21,24H,2-13,16,19H2,1H3. The van der Waals surface area contributed by atoms with E-state index in [0.29, 0.717) is 6.42 Å². The summed E-state index contributed by atoms with van der Waals surface area (Å²) < 4.78 is 5.12. The van der Waals surface area contributed by atoms with Gasteiger partial charge in [0.15, 0.2) is 6.10 Å². The van der Waals surface area contributed by atoms with E-state index in [-0.39, 0.29) is 6.61 Å². The molecule has 0 amide bonds. The molecule has 148 valence electrons. The molecule has 4 nitrogen and oxygen atoms in total. The van der Waals surface area contributed by atoms with E-state index in [9.17, 15) is 9.90 Å². The first kappa shape index (κ1) is 22.6. The molecule has 26 heavy (non-hydrogen) atoms. The van der Waals surface area contributed by atoms with E-state index in [1.165, 1.54) is 64.2 Å². The number of esters is 1. The van der Waals surface area contributed by atoms with E-state index in [1.807, 2.05) is 6.07 Å². The topological polar surface area (TPSA) is 59.4 Å². The highest BCUT2D eigenvalue weighted by Gasteiger charge is 2.16. The van der Waals surface area contributed by atoms with Crippen molar-refractivity contribution in [1.29, 1.82) is 0 Å². The molecule has 0 aromatic carbocycles. The summed E-state index contributed by atoms with van der Waals surface area (Å²) in [6, 6.07) is 3.64. The maximum absolute atomic E-state index is 11.8. The van der Waals surface area contributed by atoms with Crippen molar-refractivity contribution in [2.45, 2.75) is 103 Å². The van der Waals surface area contributed by atoms with Crippen LogP contribution in [-0.4, -0.2) is 22.2 Å². The zero-order valence-corrected chi connectivity index (χ0v) is 16.5. The summed E-state index contributed by atoms with van der Waals surface area (Å²) in [4.78, 5) is 15.7. The lowest BCUT2D eigenvalue weighted by Crippen LogP contribution is -2.22. The predicted molar refractivity (Wildman–Crippen MR) is 106 cm³/mol. The van der Waals surface area contributed by atoms with Crippen molar-refractivity contribution in [1.82, 2.24) is 4.98 Å². The van der Waals surface area contributed by atoms with E-state index in [1.54, 1.807) is 18.5 Å². The van der Waals surface area contributed by atoms with Gasteiger partial charge in [0, 0.05) is 18.0 Å². The van der Waals surface area contributed by atoms with Crippen LogP contribution in [0, 0.1) is 0 Å². The molecule has 1 N–H and O–H groups in total. The van der Waals surface area contributed by atoms with Gasteiger partial charge in [-0.05, 0) is 12.5 Å². The van der Waals surface area contributed by atoms with Crippen LogP contribution in [0.1, 0.15) is 96.0 Å². The molecule has 1 rings (SSSR count). The third-order valence-corrected chi connectivity index (χ3v) is 4.71. The molecule has 1 unspecified atom stereocenters. The number of aliphatic hydroxyl groups is 1. The number of aliphatic hydroxyl groups excluding tert-OH is 1. The summed E-state index contributed by atoms with van der Waals surface area (Å²) in [5, 5.41) is 9.87. The molecule has 0 fully saturated rings. The number of pyridine rings is 1. The van der Waals surface area contributed by atoms with Gasteiger partial charge in [0.25, 0.3) is 0 Å². The maximum atomic E-state index is 11.8. The van der Waals surface area contributed by atoms with Crippen LogP contribution < -0.4 is 0 Å². The molecular weight excluding hydrogens is 326 g/mol. The normalized spacial score (nSPS) is 12.1. The second-order valence-electron chi connectivity index (χ2n) is 7.16. The summed E-state index contributed by atoms with van der Waals surface area (Å²) >= 11 is 0. The van der Waals surface area contributed by atoms with E-state index >= 15 is 0 Å². The van der Waals surface area contributed by atoms with Crippen LogP contribution in [-0.2, 0) is 16.1 Å². The average molecular weight is 364 g/mol. The van der Waals surface area contributed by atoms with E-state index in [0.717, 1.165) is 18.4 Å². The van der Waals surface area contributed by atoms with Crippen molar-refractivity contribution in [2.75, 3.05) is 0 Å². The fraction of sp³-hybridized carbons (Fsp3) is 0.727. The minimum Gasteiger partial charge on any atom is -0.459 e. The molecule has 0 aliphatic carbocycles. The zero-order valence-electron chi connectivity index (χ0n) is 16.5. The van der Waals surface area contributed by atoms with Gasteiger partial charge in [-0.15, -0.1) is 0 Å². The highest BCUT2D eigenvalue weighted by Crippen LogP contribution is 2.13. The molecule has 1 aromatic rings. The lowest BCUT2D eigenvalue weighted by molar-refractivity contribution is -0.155. The lowest BCUT2D eigenvalue weighted by Gasteiger charge is -2.10. The van der Waals surface area contributed by atoms with Gasteiger partial charge >= 0.3 is 5.97 Å². The molecule has 0 radical (unpaired) electrons. The second-order valence-corrected chi connectivity index (χ2v) is 7.16. The minimum atomic E-state index is -1.00. The molecule has 0 aliphatic rings. The Hall–Kier alpha value is -1.42. The van der Waals surface area contributed by atoms with E-state index in [2.05, 4.69) is 11.9 Å². The predicted octanol–water partition coefficient (Wildman–Crippen LogP) is 5.58. The molecule has 0 saturated carbocycles. The molecule has 0 bridgehead atoms. The third-order valence-electron chi connectivity index (χ3n) is 4.71. The minimum absolute atomic E-state index is 0.169. The largest absolute Gasteiger partial charge is 0.459 e. The molecule has 1 heterocycles. The van der Waals surface area contributed by atoms with Gasteiger partial charge in [-0.3, -0.25) is 4.98 Å². The summed E-state index contributed by atoms with van der Waals surface area (Å²) in [7, 11) is 0. The Bertz CT molecular complexity index is 450. The van der Waals surface area contributed by atoms with Crippen LogP contribution in [0.2, 0.25) is 0 Å². The number of ether oxygens (including phenoxy) is 1. The van der Waals surface area contributed by atoms with Crippen LogP contribution >= 0.6 is 0 Å². The number of rotatable bonds is 16. The molecule has 1 atom stereocenters. The molecular formula is C22H37NO3. The van der Waals surface area contributed by atoms with Gasteiger partial charge < -0.3 is 9.84 Å². The summed E-state index contributed by atoms with van der Waals surface area (Å²) in [5.74, 6) is -0.531. The number of carbonyl (C=O) groups is 1. The van der Waals surface area contributed by atoms with Crippen LogP contribution in [0.3, 0.4) is 0 Å². The molecule has 0 saturated heterocycles. The zero-order chi connectivity index (χ0) is 18.9. The number of unbranched alkanes of at least 4 members (excludes halogenated alkanes) is 11. The Morgan fingerprint density at radius 2 is 1.58 bits per heavy atom. The summed E-state index contributed by atoms with van der Waals surface area (Å²) in [5.41, 5.74) is 0.832. The van der Waals surface area contributed by atoms with Crippen molar-refractivity contribution in [3.63, 3.8) is 0 Å². The monoisotopic (exact) mass is 363 g/mol. The first-order chi connectivity index (χ1) is 12.7. The lowest BCUT2D eigenvalue weighted by atomic mass is 10.0. The third kappa shape index (κ3) is 12.0. The van der Waals surface area contributed by atoms with Gasteiger partial charge in [0.1, 0.15) is 6.61 Å².